The van der Waals surface area contributed by atoms with E-state index in [4.69, 9.17) is 9.47 Å². The van der Waals surface area contributed by atoms with E-state index < -0.39 is 5.79 Å². The average Bonchev–Trinajstić information content (AvgIpc) is 2.88. The molecule has 0 atom stereocenters. The third kappa shape index (κ3) is 3.20. The number of aryl methyl sites for hydroxylation is 1. The van der Waals surface area contributed by atoms with Crippen LogP contribution in [0.5, 0.6) is 0 Å². The summed E-state index contributed by atoms with van der Waals surface area (Å²) in [6.45, 7) is 6.93. The van der Waals surface area contributed by atoms with Gasteiger partial charge in [0.15, 0.2) is 11.6 Å². The molecule has 21 heavy (non-hydrogen) atoms. The predicted octanol–water partition coefficient (Wildman–Crippen LogP) is 1.53. The largest absolute Gasteiger partial charge is 0.378 e. The fourth-order valence-corrected chi connectivity index (χ4v) is 2.21. The monoisotopic (exact) mass is 289 g/mol. The van der Waals surface area contributed by atoms with Gasteiger partial charge in [-0.1, -0.05) is 6.07 Å². The van der Waals surface area contributed by atoms with Gasteiger partial charge in [0, 0.05) is 5.69 Å². The van der Waals surface area contributed by atoms with Crippen molar-refractivity contribution in [3.05, 3.63) is 30.1 Å². The first kappa shape index (κ1) is 14.0. The van der Waals surface area contributed by atoms with Crippen LogP contribution in [-0.2, 0) is 9.47 Å². The Balaban J connectivity index is 1.71. The molecular formula is C14H19N5O2. The van der Waals surface area contributed by atoms with Crippen molar-refractivity contribution in [1.29, 1.82) is 0 Å². The molecule has 1 aliphatic rings. The number of hydrogen-bond acceptors (Lipinski definition) is 6. The highest BCUT2D eigenvalue weighted by Crippen LogP contribution is 2.21. The number of nitrogens with zero attached hydrogens (tertiary/aromatic N) is 4. The van der Waals surface area contributed by atoms with Gasteiger partial charge in [0.2, 0.25) is 0 Å². The van der Waals surface area contributed by atoms with Crippen LogP contribution in [0.25, 0.3) is 5.69 Å². The van der Waals surface area contributed by atoms with Gasteiger partial charge in [-0.15, -0.1) is 5.10 Å². The van der Waals surface area contributed by atoms with Crippen molar-refractivity contribution in [2.24, 2.45) is 0 Å². The third-order valence-electron chi connectivity index (χ3n) is 3.35. The van der Waals surface area contributed by atoms with Crippen LogP contribution in [0.3, 0.4) is 0 Å². The van der Waals surface area contributed by atoms with Gasteiger partial charge in [-0.05, 0) is 49.4 Å². The highest BCUT2D eigenvalue weighted by molar-refractivity contribution is 5.51. The van der Waals surface area contributed by atoms with Crippen LogP contribution in [0.2, 0.25) is 0 Å². The minimum Gasteiger partial charge on any atom is -0.378 e. The molecule has 1 aromatic heterocycles. The van der Waals surface area contributed by atoms with E-state index in [0.717, 1.165) is 17.2 Å². The molecule has 0 saturated carbocycles. The summed E-state index contributed by atoms with van der Waals surface area (Å²) in [5.41, 5.74) is 1.90. The Morgan fingerprint density at radius 3 is 2.71 bits per heavy atom. The Bertz CT molecular complexity index is 615. The van der Waals surface area contributed by atoms with Crippen molar-refractivity contribution in [1.82, 2.24) is 20.2 Å². The molecule has 1 fully saturated rings. The highest BCUT2D eigenvalue weighted by atomic mass is 16.7. The van der Waals surface area contributed by atoms with Crippen molar-refractivity contribution >= 4 is 5.69 Å². The molecular weight excluding hydrogens is 270 g/mol. The average molecular weight is 289 g/mol. The van der Waals surface area contributed by atoms with Crippen molar-refractivity contribution in [2.45, 2.75) is 32.6 Å². The number of hydrogen-bond donors (Lipinski definition) is 1. The molecule has 0 bridgehead atoms. The lowest BCUT2D eigenvalue weighted by molar-refractivity contribution is -0.247. The molecule has 7 heteroatoms. The van der Waals surface area contributed by atoms with E-state index in [0.29, 0.717) is 13.2 Å². The maximum absolute atomic E-state index is 5.65. The zero-order chi connectivity index (χ0) is 14.9. The summed E-state index contributed by atoms with van der Waals surface area (Å²) in [5, 5.41) is 14.9. The van der Waals surface area contributed by atoms with Gasteiger partial charge in [-0.3, -0.25) is 0 Å². The van der Waals surface area contributed by atoms with Crippen LogP contribution in [0.15, 0.2) is 24.3 Å². The molecule has 0 aliphatic carbocycles. The van der Waals surface area contributed by atoms with Gasteiger partial charge in [-0.2, -0.15) is 4.68 Å². The molecule has 1 N–H and O–H groups in total. The van der Waals surface area contributed by atoms with E-state index in [1.54, 1.807) is 4.68 Å². The fourth-order valence-electron chi connectivity index (χ4n) is 2.21. The maximum Gasteiger partial charge on any atom is 0.162 e. The first-order valence-electron chi connectivity index (χ1n) is 6.93. The van der Waals surface area contributed by atoms with Gasteiger partial charge in [0.1, 0.15) is 0 Å². The van der Waals surface area contributed by atoms with Gasteiger partial charge in [0.25, 0.3) is 0 Å². The molecule has 0 spiro atoms. The summed E-state index contributed by atoms with van der Waals surface area (Å²) < 4.78 is 13.0. The molecule has 2 aromatic rings. The lowest BCUT2D eigenvalue weighted by Crippen LogP contribution is -2.45. The Kier molecular flexibility index (Phi) is 3.60. The summed E-state index contributed by atoms with van der Waals surface area (Å²) in [5.74, 6) is 0.252. The molecule has 0 unspecified atom stereocenters. The van der Waals surface area contributed by atoms with Crippen molar-refractivity contribution < 1.29 is 9.47 Å². The number of ether oxygens (including phenoxy) is 2. The van der Waals surface area contributed by atoms with Crippen molar-refractivity contribution in [3.63, 3.8) is 0 Å². The lowest BCUT2D eigenvalue weighted by Gasteiger charge is -2.35. The molecule has 1 aliphatic heterocycles. The number of anilines is 1. The second kappa shape index (κ2) is 5.42. The topological polar surface area (TPSA) is 74.1 Å². The van der Waals surface area contributed by atoms with E-state index >= 15 is 0 Å². The highest BCUT2D eigenvalue weighted by Gasteiger charge is 2.28. The minimum atomic E-state index is -0.496. The quantitative estimate of drug-likeness (QED) is 0.923. The predicted molar refractivity (Wildman–Crippen MR) is 77.3 cm³/mol. The van der Waals surface area contributed by atoms with E-state index in [2.05, 4.69) is 20.8 Å². The van der Waals surface area contributed by atoms with Crippen LogP contribution in [0.1, 0.15) is 19.7 Å². The molecule has 1 aromatic carbocycles. The van der Waals surface area contributed by atoms with Crippen molar-refractivity contribution in [3.8, 4) is 5.69 Å². The summed E-state index contributed by atoms with van der Waals surface area (Å²) in [6.07, 6.45) is 0. The second-order valence-electron chi connectivity index (χ2n) is 5.55. The second-order valence-corrected chi connectivity index (χ2v) is 5.55. The number of rotatable bonds is 3. The Hall–Kier alpha value is -1.99. The lowest BCUT2D eigenvalue weighted by atomic mass is 10.2. The van der Waals surface area contributed by atoms with E-state index in [1.807, 2.05) is 45.0 Å². The SMILES string of the molecule is Cc1nnnn1-c1cccc(NC2COC(C)(C)OC2)c1. The number of nitrogens with one attached hydrogen (secondary N) is 1. The van der Waals surface area contributed by atoms with E-state index in [1.165, 1.54) is 0 Å². The summed E-state index contributed by atoms with van der Waals surface area (Å²) in [7, 11) is 0. The zero-order valence-electron chi connectivity index (χ0n) is 12.4. The van der Waals surface area contributed by atoms with Gasteiger partial charge >= 0.3 is 0 Å². The van der Waals surface area contributed by atoms with Crippen LogP contribution in [0.4, 0.5) is 5.69 Å². The molecule has 112 valence electrons. The first-order valence-corrected chi connectivity index (χ1v) is 6.93. The van der Waals surface area contributed by atoms with Crippen LogP contribution >= 0.6 is 0 Å². The molecule has 0 radical (unpaired) electrons. The maximum atomic E-state index is 5.65. The molecule has 3 rings (SSSR count). The van der Waals surface area contributed by atoms with Gasteiger partial charge in [-0.25, -0.2) is 0 Å². The number of aromatic nitrogens is 4. The zero-order valence-corrected chi connectivity index (χ0v) is 12.4. The molecule has 2 heterocycles. The van der Waals surface area contributed by atoms with Gasteiger partial charge in [0.05, 0.1) is 24.9 Å². The van der Waals surface area contributed by atoms with Gasteiger partial charge < -0.3 is 14.8 Å². The summed E-state index contributed by atoms with van der Waals surface area (Å²) >= 11 is 0. The minimum absolute atomic E-state index is 0.128. The van der Waals surface area contributed by atoms with E-state index in [9.17, 15) is 0 Å². The van der Waals surface area contributed by atoms with E-state index in [-0.39, 0.29) is 6.04 Å². The smallest absolute Gasteiger partial charge is 0.162 e. The Labute approximate surface area is 123 Å². The summed E-state index contributed by atoms with van der Waals surface area (Å²) in [4.78, 5) is 0. The fraction of sp³-hybridized carbons (Fsp3) is 0.500. The molecule has 1 saturated heterocycles. The van der Waals surface area contributed by atoms with Crippen molar-refractivity contribution in [2.75, 3.05) is 18.5 Å². The Morgan fingerprint density at radius 2 is 2.05 bits per heavy atom. The third-order valence-corrected chi connectivity index (χ3v) is 3.35. The van der Waals surface area contributed by atoms with Crippen LogP contribution in [-0.4, -0.2) is 45.2 Å². The standard InChI is InChI=1S/C14H19N5O2/c1-10-16-17-18-19(10)13-6-4-5-11(7-13)15-12-8-20-14(2,3)21-9-12/h4-7,12,15H,8-9H2,1-3H3. The number of tetrazole rings is 1. The Morgan fingerprint density at radius 1 is 1.29 bits per heavy atom. The number of benzene rings is 1. The van der Waals surface area contributed by atoms with Crippen LogP contribution < -0.4 is 5.32 Å². The summed E-state index contributed by atoms with van der Waals surface area (Å²) in [6, 6.07) is 8.06. The molecule has 7 nitrogen and oxygen atoms in total. The van der Waals surface area contributed by atoms with Crippen LogP contribution in [0, 0.1) is 6.92 Å². The molecule has 0 amide bonds. The first-order chi connectivity index (χ1) is 10.0. The normalized spacial score (nSPS) is 18.6.